The van der Waals surface area contributed by atoms with Crippen LogP contribution in [0, 0.1) is 5.82 Å². The molecule has 18 heavy (non-hydrogen) atoms. The molecule has 0 aliphatic rings. The molecule has 1 nitrogen and oxygen atoms in total. The molecule has 0 bridgehead atoms. The Hall–Kier alpha value is -1.67. The molecular formula is C16H17FO. The lowest BCUT2D eigenvalue weighted by Gasteiger charge is -2.06. The number of aryl methyl sites for hydroxylation is 1. The van der Waals surface area contributed by atoms with Crippen LogP contribution in [0.4, 0.5) is 4.39 Å². The van der Waals surface area contributed by atoms with Crippen LogP contribution in [0.3, 0.4) is 0 Å². The molecule has 0 aliphatic carbocycles. The van der Waals surface area contributed by atoms with Crippen molar-refractivity contribution in [1.29, 1.82) is 0 Å². The fourth-order valence-electron chi connectivity index (χ4n) is 1.92. The number of benzene rings is 2. The van der Waals surface area contributed by atoms with Crippen LogP contribution in [0.2, 0.25) is 0 Å². The summed E-state index contributed by atoms with van der Waals surface area (Å²) in [6.07, 6.45) is 1.31. The molecule has 2 aromatic rings. The molecule has 1 N–H and O–H groups in total. The summed E-state index contributed by atoms with van der Waals surface area (Å²) < 4.78 is 13.6. The second-order valence-electron chi connectivity index (χ2n) is 4.56. The fraction of sp³-hybridized carbons (Fsp3) is 0.250. The van der Waals surface area contributed by atoms with Gasteiger partial charge in [0.05, 0.1) is 6.10 Å². The number of hydrogen-bond donors (Lipinski definition) is 1. The van der Waals surface area contributed by atoms with Crippen molar-refractivity contribution in [2.24, 2.45) is 0 Å². The van der Waals surface area contributed by atoms with Gasteiger partial charge in [-0.05, 0) is 37.0 Å². The van der Waals surface area contributed by atoms with E-state index in [4.69, 9.17) is 0 Å². The lowest BCUT2D eigenvalue weighted by atomic mass is 10.0. The Morgan fingerprint density at radius 2 is 1.72 bits per heavy atom. The van der Waals surface area contributed by atoms with Crippen LogP contribution >= 0.6 is 0 Å². The first-order valence-corrected chi connectivity index (χ1v) is 6.19. The van der Waals surface area contributed by atoms with Crippen LogP contribution in [0.15, 0.2) is 48.5 Å². The molecule has 1 unspecified atom stereocenters. The van der Waals surface area contributed by atoms with Crippen LogP contribution in [-0.4, -0.2) is 11.2 Å². The van der Waals surface area contributed by atoms with E-state index in [9.17, 15) is 9.50 Å². The quantitative estimate of drug-likeness (QED) is 0.867. The molecule has 1 atom stereocenters. The Morgan fingerprint density at radius 1 is 1.06 bits per heavy atom. The minimum atomic E-state index is -0.281. The Labute approximate surface area is 107 Å². The van der Waals surface area contributed by atoms with Gasteiger partial charge in [-0.25, -0.2) is 4.39 Å². The first-order valence-electron chi connectivity index (χ1n) is 6.19. The maximum Gasteiger partial charge on any atom is 0.131 e. The van der Waals surface area contributed by atoms with Crippen molar-refractivity contribution >= 4 is 0 Å². The molecule has 2 rings (SSSR count). The van der Waals surface area contributed by atoms with Crippen LogP contribution in [0.5, 0.6) is 0 Å². The van der Waals surface area contributed by atoms with Gasteiger partial charge in [-0.2, -0.15) is 0 Å². The molecule has 0 heterocycles. The number of aliphatic hydroxyl groups excluding tert-OH is 1. The summed E-state index contributed by atoms with van der Waals surface area (Å²) in [4.78, 5) is 0. The molecule has 0 amide bonds. The summed E-state index contributed by atoms with van der Waals surface area (Å²) in [7, 11) is 0. The number of rotatable bonds is 4. The zero-order valence-corrected chi connectivity index (χ0v) is 10.4. The van der Waals surface area contributed by atoms with E-state index >= 15 is 0 Å². The molecule has 94 valence electrons. The molecule has 0 spiro atoms. The van der Waals surface area contributed by atoms with Gasteiger partial charge in [-0.3, -0.25) is 0 Å². The first kappa shape index (κ1) is 12.8. The van der Waals surface area contributed by atoms with Gasteiger partial charge in [0.2, 0.25) is 0 Å². The summed E-state index contributed by atoms with van der Waals surface area (Å²) in [5.74, 6) is -0.200. The highest BCUT2D eigenvalue weighted by molar-refractivity contribution is 5.64. The van der Waals surface area contributed by atoms with E-state index in [1.807, 2.05) is 30.3 Å². The second kappa shape index (κ2) is 5.78. The smallest absolute Gasteiger partial charge is 0.131 e. The van der Waals surface area contributed by atoms with Crippen molar-refractivity contribution in [3.63, 3.8) is 0 Å². The van der Waals surface area contributed by atoms with E-state index in [0.29, 0.717) is 5.56 Å². The van der Waals surface area contributed by atoms with Crippen molar-refractivity contribution in [3.8, 4) is 11.1 Å². The normalized spacial score (nSPS) is 12.4. The minimum Gasteiger partial charge on any atom is -0.393 e. The maximum absolute atomic E-state index is 13.6. The molecule has 0 aliphatic heterocycles. The molecule has 0 saturated heterocycles. The topological polar surface area (TPSA) is 20.2 Å². The Balaban J connectivity index is 2.15. The van der Waals surface area contributed by atoms with Gasteiger partial charge in [0.1, 0.15) is 5.82 Å². The highest BCUT2D eigenvalue weighted by Crippen LogP contribution is 2.23. The molecule has 0 fully saturated rings. The lowest BCUT2D eigenvalue weighted by Crippen LogP contribution is -2.01. The summed E-state index contributed by atoms with van der Waals surface area (Å²) in [5.41, 5.74) is 2.67. The van der Waals surface area contributed by atoms with Gasteiger partial charge >= 0.3 is 0 Å². The maximum atomic E-state index is 13.6. The van der Waals surface area contributed by atoms with E-state index in [2.05, 4.69) is 0 Å². The van der Waals surface area contributed by atoms with E-state index in [1.165, 1.54) is 6.07 Å². The monoisotopic (exact) mass is 244 g/mol. The third kappa shape index (κ3) is 3.17. The first-order chi connectivity index (χ1) is 8.66. The third-order valence-electron chi connectivity index (χ3n) is 2.99. The lowest BCUT2D eigenvalue weighted by molar-refractivity contribution is 0.185. The zero-order chi connectivity index (χ0) is 13.0. The largest absolute Gasteiger partial charge is 0.393 e. The van der Waals surface area contributed by atoms with Crippen LogP contribution < -0.4 is 0 Å². The van der Waals surface area contributed by atoms with Crippen molar-refractivity contribution in [3.05, 3.63) is 59.9 Å². The Kier molecular flexibility index (Phi) is 4.11. The van der Waals surface area contributed by atoms with Crippen LogP contribution in [0.25, 0.3) is 11.1 Å². The van der Waals surface area contributed by atoms with Gasteiger partial charge in [0.25, 0.3) is 0 Å². The van der Waals surface area contributed by atoms with E-state index in [1.54, 1.807) is 19.1 Å². The number of aliphatic hydroxyl groups is 1. The average Bonchev–Trinajstić information content (AvgIpc) is 2.38. The molecule has 0 aromatic heterocycles. The van der Waals surface area contributed by atoms with Gasteiger partial charge in [0.15, 0.2) is 0 Å². The van der Waals surface area contributed by atoms with Gasteiger partial charge in [-0.1, -0.05) is 42.5 Å². The zero-order valence-electron chi connectivity index (χ0n) is 10.4. The molecular weight excluding hydrogens is 227 g/mol. The summed E-state index contributed by atoms with van der Waals surface area (Å²) in [6, 6.07) is 14.6. The average molecular weight is 244 g/mol. The van der Waals surface area contributed by atoms with E-state index < -0.39 is 0 Å². The van der Waals surface area contributed by atoms with Crippen molar-refractivity contribution in [2.75, 3.05) is 0 Å². The SMILES string of the molecule is CC(O)CCc1ccc(-c2ccccc2F)cc1. The van der Waals surface area contributed by atoms with Crippen molar-refractivity contribution in [2.45, 2.75) is 25.9 Å². The summed E-state index contributed by atoms with van der Waals surface area (Å²) in [5, 5.41) is 9.23. The highest BCUT2D eigenvalue weighted by atomic mass is 19.1. The van der Waals surface area contributed by atoms with Crippen LogP contribution in [-0.2, 0) is 6.42 Å². The number of hydrogen-bond acceptors (Lipinski definition) is 1. The van der Waals surface area contributed by atoms with Crippen molar-refractivity contribution < 1.29 is 9.50 Å². The standard InChI is InChI=1S/C16H17FO/c1-12(18)6-7-13-8-10-14(11-9-13)15-4-2-3-5-16(15)17/h2-5,8-12,18H,6-7H2,1H3. The molecule has 2 aromatic carbocycles. The van der Waals surface area contributed by atoms with E-state index in [0.717, 1.165) is 24.0 Å². The summed E-state index contributed by atoms with van der Waals surface area (Å²) in [6.45, 7) is 1.79. The van der Waals surface area contributed by atoms with Gasteiger partial charge < -0.3 is 5.11 Å². The predicted molar refractivity (Wildman–Crippen MR) is 71.8 cm³/mol. The van der Waals surface area contributed by atoms with E-state index in [-0.39, 0.29) is 11.9 Å². The van der Waals surface area contributed by atoms with Crippen LogP contribution in [0.1, 0.15) is 18.9 Å². The third-order valence-corrected chi connectivity index (χ3v) is 2.99. The Morgan fingerprint density at radius 3 is 2.33 bits per heavy atom. The minimum absolute atomic E-state index is 0.200. The molecule has 0 radical (unpaired) electrons. The highest BCUT2D eigenvalue weighted by Gasteiger charge is 2.04. The van der Waals surface area contributed by atoms with Crippen molar-refractivity contribution in [1.82, 2.24) is 0 Å². The predicted octanol–water partition coefficient (Wildman–Crippen LogP) is 3.81. The van der Waals surface area contributed by atoms with Gasteiger partial charge in [0, 0.05) is 5.56 Å². The molecule has 0 saturated carbocycles. The second-order valence-corrected chi connectivity index (χ2v) is 4.56. The Bertz CT molecular complexity index is 503. The summed E-state index contributed by atoms with van der Waals surface area (Å²) >= 11 is 0. The molecule has 2 heteroatoms. The number of halogens is 1. The fourth-order valence-corrected chi connectivity index (χ4v) is 1.92. The van der Waals surface area contributed by atoms with Gasteiger partial charge in [-0.15, -0.1) is 0 Å².